The van der Waals surface area contributed by atoms with Crippen molar-refractivity contribution in [2.75, 3.05) is 0 Å². The number of pyridine rings is 1. The number of fused-ring (bicyclic) bond motifs is 1. The van der Waals surface area contributed by atoms with Crippen molar-refractivity contribution < 1.29 is 4.79 Å². The van der Waals surface area contributed by atoms with Crippen LogP contribution in [0.15, 0.2) is 60.0 Å². The summed E-state index contributed by atoms with van der Waals surface area (Å²) < 4.78 is 1.54. The average molecular weight is 322 g/mol. The summed E-state index contributed by atoms with van der Waals surface area (Å²) in [5.41, 5.74) is 3.43. The summed E-state index contributed by atoms with van der Waals surface area (Å²) in [7, 11) is 1.72. The molecule has 0 aliphatic heterocycles. The fourth-order valence-electron chi connectivity index (χ4n) is 3.45. The molecule has 0 spiro atoms. The van der Waals surface area contributed by atoms with E-state index < -0.39 is 0 Å². The highest BCUT2D eigenvalue weighted by Crippen LogP contribution is 2.35. The molecule has 124 valence electrons. The van der Waals surface area contributed by atoms with Crippen molar-refractivity contribution in [2.24, 2.45) is 7.05 Å². The molecule has 1 heterocycles. The Morgan fingerprint density at radius 1 is 1.33 bits per heavy atom. The SMILES string of the molecule is C=CC(=O)N(Cc1ccc(=O)n(C)c1)C1CCCc2ccccc21. The largest absolute Gasteiger partial charge is 0.328 e. The monoisotopic (exact) mass is 322 g/mol. The van der Waals surface area contributed by atoms with E-state index in [0.717, 1.165) is 24.8 Å². The number of carbonyl (C=O) groups excluding carboxylic acids is 1. The zero-order valence-corrected chi connectivity index (χ0v) is 13.9. The van der Waals surface area contributed by atoms with Crippen molar-refractivity contribution >= 4 is 5.91 Å². The molecule has 1 amide bonds. The Balaban J connectivity index is 1.96. The highest BCUT2D eigenvalue weighted by Gasteiger charge is 2.28. The van der Waals surface area contributed by atoms with Crippen LogP contribution in [0.25, 0.3) is 0 Å². The first-order chi connectivity index (χ1) is 11.6. The van der Waals surface area contributed by atoms with E-state index in [1.165, 1.54) is 17.2 Å². The lowest BCUT2D eigenvalue weighted by atomic mass is 9.86. The number of rotatable bonds is 4. The predicted octanol–water partition coefficient (Wildman–Crippen LogP) is 2.98. The molecular weight excluding hydrogens is 300 g/mol. The summed E-state index contributed by atoms with van der Waals surface area (Å²) in [6.07, 6.45) is 6.24. The van der Waals surface area contributed by atoms with Gasteiger partial charge in [0.2, 0.25) is 11.5 Å². The van der Waals surface area contributed by atoms with Crippen LogP contribution in [0.4, 0.5) is 0 Å². The average Bonchev–Trinajstić information content (AvgIpc) is 2.61. The van der Waals surface area contributed by atoms with E-state index in [1.807, 2.05) is 17.0 Å². The molecule has 1 unspecified atom stereocenters. The lowest BCUT2D eigenvalue weighted by molar-refractivity contribution is -0.129. The Morgan fingerprint density at radius 2 is 2.12 bits per heavy atom. The smallest absolute Gasteiger partial charge is 0.250 e. The third-order valence-corrected chi connectivity index (χ3v) is 4.67. The topological polar surface area (TPSA) is 42.3 Å². The minimum atomic E-state index is -0.0782. The second kappa shape index (κ2) is 6.87. The van der Waals surface area contributed by atoms with Crippen molar-refractivity contribution in [1.82, 2.24) is 9.47 Å². The third-order valence-electron chi connectivity index (χ3n) is 4.67. The van der Waals surface area contributed by atoms with Gasteiger partial charge in [-0.1, -0.05) is 36.9 Å². The Bertz CT molecular complexity index is 822. The molecular formula is C20H22N2O2. The summed E-state index contributed by atoms with van der Waals surface area (Å²) >= 11 is 0. The molecule has 3 rings (SSSR count). The zero-order chi connectivity index (χ0) is 17.1. The molecule has 0 radical (unpaired) electrons. The van der Waals surface area contributed by atoms with Crippen molar-refractivity contribution in [2.45, 2.75) is 31.8 Å². The van der Waals surface area contributed by atoms with Gasteiger partial charge >= 0.3 is 0 Å². The quantitative estimate of drug-likeness (QED) is 0.812. The molecule has 1 aliphatic carbocycles. The van der Waals surface area contributed by atoms with Crippen LogP contribution < -0.4 is 5.56 Å². The molecule has 1 aromatic heterocycles. The van der Waals surface area contributed by atoms with E-state index in [-0.39, 0.29) is 17.5 Å². The number of nitrogens with zero attached hydrogens (tertiary/aromatic N) is 2. The second-order valence-electron chi connectivity index (χ2n) is 6.26. The van der Waals surface area contributed by atoms with Gasteiger partial charge in [-0.05, 0) is 42.0 Å². The molecule has 0 bridgehead atoms. The van der Waals surface area contributed by atoms with Gasteiger partial charge in [0.05, 0.1) is 6.04 Å². The first-order valence-corrected chi connectivity index (χ1v) is 8.26. The number of amides is 1. The van der Waals surface area contributed by atoms with E-state index in [4.69, 9.17) is 0 Å². The maximum atomic E-state index is 12.5. The van der Waals surface area contributed by atoms with E-state index >= 15 is 0 Å². The van der Waals surface area contributed by atoms with E-state index in [2.05, 4.69) is 18.7 Å². The molecule has 0 saturated carbocycles. The van der Waals surface area contributed by atoms with Crippen molar-refractivity contribution in [3.05, 3.63) is 82.3 Å². The minimum Gasteiger partial charge on any atom is -0.328 e. The Labute approximate surface area is 142 Å². The fourth-order valence-corrected chi connectivity index (χ4v) is 3.45. The number of benzene rings is 1. The molecule has 1 atom stereocenters. The zero-order valence-electron chi connectivity index (χ0n) is 13.9. The molecule has 0 fully saturated rings. The van der Waals surface area contributed by atoms with Gasteiger partial charge in [0.15, 0.2) is 0 Å². The van der Waals surface area contributed by atoms with Crippen molar-refractivity contribution in [3.63, 3.8) is 0 Å². The molecule has 4 heteroatoms. The Kier molecular flexibility index (Phi) is 4.65. The summed E-state index contributed by atoms with van der Waals surface area (Å²) in [6.45, 7) is 4.13. The summed E-state index contributed by atoms with van der Waals surface area (Å²) in [5, 5.41) is 0. The predicted molar refractivity (Wildman–Crippen MR) is 94.6 cm³/mol. The third kappa shape index (κ3) is 3.18. The highest BCUT2D eigenvalue weighted by molar-refractivity contribution is 5.87. The van der Waals surface area contributed by atoms with Crippen LogP contribution in [-0.2, 0) is 24.8 Å². The molecule has 4 nitrogen and oxygen atoms in total. The van der Waals surface area contributed by atoms with Gasteiger partial charge in [-0.15, -0.1) is 0 Å². The first-order valence-electron chi connectivity index (χ1n) is 8.26. The van der Waals surface area contributed by atoms with Crippen LogP contribution in [0, 0.1) is 0 Å². The van der Waals surface area contributed by atoms with E-state index in [0.29, 0.717) is 6.54 Å². The number of hydrogen-bond acceptors (Lipinski definition) is 2. The number of aryl methyl sites for hydroxylation is 2. The van der Waals surface area contributed by atoms with E-state index in [9.17, 15) is 9.59 Å². The van der Waals surface area contributed by atoms with Gasteiger partial charge in [0.1, 0.15) is 0 Å². The number of carbonyl (C=O) groups is 1. The Hall–Kier alpha value is -2.62. The van der Waals surface area contributed by atoms with Crippen LogP contribution in [0.1, 0.15) is 35.6 Å². The maximum Gasteiger partial charge on any atom is 0.250 e. The summed E-state index contributed by atoms with van der Waals surface area (Å²) in [6, 6.07) is 11.7. The summed E-state index contributed by atoms with van der Waals surface area (Å²) in [4.78, 5) is 26.0. The van der Waals surface area contributed by atoms with Gasteiger partial charge in [-0.2, -0.15) is 0 Å². The van der Waals surface area contributed by atoms with Crippen LogP contribution >= 0.6 is 0 Å². The lowest BCUT2D eigenvalue weighted by Crippen LogP contribution is -2.35. The normalized spacial score (nSPS) is 16.3. The van der Waals surface area contributed by atoms with Gasteiger partial charge < -0.3 is 9.47 Å². The molecule has 0 saturated heterocycles. The van der Waals surface area contributed by atoms with Crippen LogP contribution in [-0.4, -0.2) is 15.4 Å². The van der Waals surface area contributed by atoms with Gasteiger partial charge in [0.25, 0.3) is 0 Å². The van der Waals surface area contributed by atoms with Crippen molar-refractivity contribution in [3.8, 4) is 0 Å². The molecule has 1 aromatic carbocycles. The van der Waals surface area contributed by atoms with Gasteiger partial charge in [-0.25, -0.2) is 0 Å². The first kappa shape index (κ1) is 16.2. The lowest BCUT2D eigenvalue weighted by Gasteiger charge is -2.35. The highest BCUT2D eigenvalue weighted by atomic mass is 16.2. The van der Waals surface area contributed by atoms with Gasteiger partial charge in [-0.3, -0.25) is 9.59 Å². The van der Waals surface area contributed by atoms with E-state index in [1.54, 1.807) is 29.9 Å². The van der Waals surface area contributed by atoms with Crippen LogP contribution in [0.2, 0.25) is 0 Å². The van der Waals surface area contributed by atoms with Crippen LogP contribution in [0.5, 0.6) is 0 Å². The summed E-state index contributed by atoms with van der Waals surface area (Å²) in [5.74, 6) is -0.0782. The molecule has 0 N–H and O–H groups in total. The number of hydrogen-bond donors (Lipinski definition) is 0. The fraction of sp³-hybridized carbons (Fsp3) is 0.300. The standard InChI is InChI=1S/C20H22N2O2/c1-3-19(23)22(14-15-11-12-20(24)21(2)13-15)18-10-6-8-16-7-4-5-9-17(16)18/h3-5,7,9,11-13,18H,1,6,8,10,14H2,2H3. The van der Waals surface area contributed by atoms with Crippen molar-refractivity contribution in [1.29, 1.82) is 0 Å². The maximum absolute atomic E-state index is 12.5. The van der Waals surface area contributed by atoms with Gasteiger partial charge in [0, 0.05) is 25.9 Å². The Morgan fingerprint density at radius 3 is 2.88 bits per heavy atom. The van der Waals surface area contributed by atoms with Crippen LogP contribution in [0.3, 0.4) is 0 Å². The minimum absolute atomic E-state index is 0.0524. The second-order valence-corrected chi connectivity index (χ2v) is 6.26. The molecule has 1 aliphatic rings. The molecule has 24 heavy (non-hydrogen) atoms. The number of aromatic nitrogens is 1. The molecule has 2 aromatic rings.